The number of rotatable bonds is 39. The van der Waals surface area contributed by atoms with Crippen LogP contribution in [0.3, 0.4) is 0 Å². The van der Waals surface area contributed by atoms with E-state index in [2.05, 4.69) is 26.0 Å². The number of allylic oxidation sites excluding steroid dienone is 2. The molecule has 1 unspecified atom stereocenters. The molecule has 0 bridgehead atoms. The van der Waals surface area contributed by atoms with Crippen LogP contribution in [0.4, 0.5) is 0 Å². The van der Waals surface area contributed by atoms with Gasteiger partial charge in [-0.15, -0.1) is 0 Å². The summed E-state index contributed by atoms with van der Waals surface area (Å²) in [5.74, 6) is -0.838. The molecule has 9 nitrogen and oxygen atoms in total. The van der Waals surface area contributed by atoms with Gasteiger partial charge in [-0.25, -0.2) is 4.57 Å². The molecule has 0 radical (unpaired) electrons. The quantitative estimate of drug-likeness (QED) is 0.0274. The van der Waals surface area contributed by atoms with Crippen LogP contribution in [0, 0.1) is 0 Å². The summed E-state index contributed by atoms with van der Waals surface area (Å²) in [4.78, 5) is 34.8. The Labute approximate surface area is 307 Å². The summed E-state index contributed by atoms with van der Waals surface area (Å²) in [7, 11) is -4.37. The molecule has 0 aliphatic heterocycles. The van der Waals surface area contributed by atoms with Crippen LogP contribution in [-0.4, -0.2) is 49.3 Å². The largest absolute Gasteiger partial charge is 0.472 e. The van der Waals surface area contributed by atoms with Gasteiger partial charge in [0.25, 0.3) is 0 Å². The molecule has 0 aromatic heterocycles. The normalized spacial score (nSPS) is 13.4. The summed E-state index contributed by atoms with van der Waals surface area (Å²) in [5, 5.41) is 0. The molecule has 10 heteroatoms. The monoisotopic (exact) mass is 732 g/mol. The first-order valence-electron chi connectivity index (χ1n) is 20.7. The Balaban J connectivity index is 4.18. The van der Waals surface area contributed by atoms with Gasteiger partial charge in [-0.1, -0.05) is 161 Å². The van der Waals surface area contributed by atoms with Crippen molar-refractivity contribution >= 4 is 19.8 Å². The third kappa shape index (κ3) is 36.5. The maximum Gasteiger partial charge on any atom is 0.472 e. The topological polar surface area (TPSA) is 134 Å². The zero-order chi connectivity index (χ0) is 36.8. The number of carbonyl (C=O) groups is 2. The minimum atomic E-state index is -4.37. The zero-order valence-electron chi connectivity index (χ0n) is 32.4. The molecule has 296 valence electrons. The number of hydrogen-bond acceptors (Lipinski definition) is 8. The zero-order valence-corrected chi connectivity index (χ0v) is 33.3. The SMILES string of the molecule is CCCCCCCCCC/C=C/CCCCCC(=O)OC[C@H](COP(=O)(O)OCCN)OC(=O)CCCCCCCCCCCCCCCC. The summed E-state index contributed by atoms with van der Waals surface area (Å²) in [6.45, 7) is 3.73. The predicted molar refractivity (Wildman–Crippen MR) is 206 cm³/mol. The van der Waals surface area contributed by atoms with E-state index in [-0.39, 0.29) is 32.6 Å². The van der Waals surface area contributed by atoms with E-state index in [9.17, 15) is 19.0 Å². The van der Waals surface area contributed by atoms with Crippen LogP contribution in [0.25, 0.3) is 0 Å². The van der Waals surface area contributed by atoms with E-state index in [1.807, 2.05) is 0 Å². The molecule has 50 heavy (non-hydrogen) atoms. The third-order valence-electron chi connectivity index (χ3n) is 8.90. The number of unbranched alkanes of at least 4 members (excludes halogenated alkanes) is 24. The van der Waals surface area contributed by atoms with Crippen molar-refractivity contribution in [3.63, 3.8) is 0 Å². The fourth-order valence-corrected chi connectivity index (χ4v) is 6.57. The second-order valence-electron chi connectivity index (χ2n) is 13.9. The minimum Gasteiger partial charge on any atom is -0.462 e. The van der Waals surface area contributed by atoms with E-state index in [1.54, 1.807) is 0 Å². The van der Waals surface area contributed by atoms with Gasteiger partial charge in [0.15, 0.2) is 6.10 Å². The van der Waals surface area contributed by atoms with Crippen molar-refractivity contribution in [3.8, 4) is 0 Å². The van der Waals surface area contributed by atoms with Gasteiger partial charge in [-0.05, 0) is 38.5 Å². The molecule has 0 aliphatic rings. The lowest BCUT2D eigenvalue weighted by Gasteiger charge is -2.19. The maximum absolute atomic E-state index is 12.5. The van der Waals surface area contributed by atoms with E-state index >= 15 is 0 Å². The van der Waals surface area contributed by atoms with Crippen LogP contribution >= 0.6 is 7.82 Å². The first-order valence-corrected chi connectivity index (χ1v) is 22.2. The first-order chi connectivity index (χ1) is 24.3. The Bertz CT molecular complexity index is 840. The van der Waals surface area contributed by atoms with Crippen molar-refractivity contribution < 1.29 is 37.6 Å². The smallest absolute Gasteiger partial charge is 0.462 e. The third-order valence-corrected chi connectivity index (χ3v) is 9.89. The van der Waals surface area contributed by atoms with Crippen LogP contribution in [-0.2, 0) is 32.7 Å². The number of nitrogens with two attached hydrogens (primary N) is 1. The van der Waals surface area contributed by atoms with Gasteiger partial charge in [-0.3, -0.25) is 18.6 Å². The number of hydrogen-bond donors (Lipinski definition) is 2. The van der Waals surface area contributed by atoms with Crippen LogP contribution < -0.4 is 5.73 Å². The highest BCUT2D eigenvalue weighted by atomic mass is 31.2. The summed E-state index contributed by atoms with van der Waals surface area (Å²) in [6, 6.07) is 0. The summed E-state index contributed by atoms with van der Waals surface area (Å²) < 4.78 is 32.7. The average molecular weight is 732 g/mol. The molecule has 0 spiro atoms. The van der Waals surface area contributed by atoms with E-state index < -0.39 is 32.5 Å². The second-order valence-corrected chi connectivity index (χ2v) is 15.3. The second kappa shape index (κ2) is 37.5. The van der Waals surface area contributed by atoms with Gasteiger partial charge in [0.05, 0.1) is 13.2 Å². The lowest BCUT2D eigenvalue weighted by molar-refractivity contribution is -0.161. The summed E-state index contributed by atoms with van der Waals surface area (Å²) in [5.41, 5.74) is 5.34. The molecule has 0 aromatic carbocycles. The number of phosphoric acid groups is 1. The van der Waals surface area contributed by atoms with Gasteiger partial charge < -0.3 is 20.1 Å². The molecule has 0 amide bonds. The van der Waals surface area contributed by atoms with Crippen LogP contribution in [0.15, 0.2) is 12.2 Å². The summed E-state index contributed by atoms with van der Waals surface area (Å²) in [6.07, 6.45) is 36.7. The van der Waals surface area contributed by atoms with E-state index in [0.717, 1.165) is 38.5 Å². The Morgan fingerprint density at radius 2 is 0.980 bits per heavy atom. The van der Waals surface area contributed by atoms with Gasteiger partial charge in [0, 0.05) is 19.4 Å². The molecular formula is C40H78NO8P. The van der Waals surface area contributed by atoms with Crippen LogP contribution in [0.5, 0.6) is 0 Å². The molecular weight excluding hydrogens is 653 g/mol. The highest BCUT2D eigenvalue weighted by Gasteiger charge is 2.26. The molecule has 0 rings (SSSR count). The van der Waals surface area contributed by atoms with Crippen LogP contribution in [0.2, 0.25) is 0 Å². The first kappa shape index (κ1) is 48.8. The Morgan fingerprint density at radius 3 is 1.44 bits per heavy atom. The van der Waals surface area contributed by atoms with Crippen LogP contribution in [0.1, 0.15) is 200 Å². The molecule has 0 aromatic rings. The summed E-state index contributed by atoms with van der Waals surface area (Å²) >= 11 is 0. The van der Waals surface area contributed by atoms with E-state index in [0.29, 0.717) is 12.8 Å². The highest BCUT2D eigenvalue weighted by molar-refractivity contribution is 7.47. The number of phosphoric ester groups is 1. The maximum atomic E-state index is 12.5. The van der Waals surface area contributed by atoms with E-state index in [1.165, 1.54) is 122 Å². The van der Waals surface area contributed by atoms with Crippen molar-refractivity contribution in [1.29, 1.82) is 0 Å². The minimum absolute atomic E-state index is 0.0543. The highest BCUT2D eigenvalue weighted by Crippen LogP contribution is 2.43. The van der Waals surface area contributed by atoms with Crippen molar-refractivity contribution in [2.24, 2.45) is 5.73 Å². The number of carbonyl (C=O) groups excluding carboxylic acids is 2. The lowest BCUT2D eigenvalue weighted by Crippen LogP contribution is -2.29. The predicted octanol–water partition coefficient (Wildman–Crippen LogP) is 11.4. The Kier molecular flexibility index (Phi) is 36.6. The Hall–Kier alpha value is -1.25. The molecule has 0 fully saturated rings. The van der Waals surface area contributed by atoms with Gasteiger partial charge in [-0.2, -0.15) is 0 Å². The Morgan fingerprint density at radius 1 is 0.580 bits per heavy atom. The molecule has 0 heterocycles. The van der Waals surface area contributed by atoms with Gasteiger partial charge in [0.2, 0.25) is 0 Å². The van der Waals surface area contributed by atoms with Crippen molar-refractivity contribution in [2.45, 2.75) is 206 Å². The van der Waals surface area contributed by atoms with Crippen molar-refractivity contribution in [2.75, 3.05) is 26.4 Å². The fraction of sp³-hybridized carbons (Fsp3) is 0.900. The molecule has 0 saturated carbocycles. The molecule has 2 atom stereocenters. The molecule has 0 aliphatic carbocycles. The van der Waals surface area contributed by atoms with Gasteiger partial charge >= 0.3 is 19.8 Å². The number of esters is 2. The van der Waals surface area contributed by atoms with Crippen molar-refractivity contribution in [1.82, 2.24) is 0 Å². The molecule has 0 saturated heterocycles. The van der Waals surface area contributed by atoms with Gasteiger partial charge in [0.1, 0.15) is 6.61 Å². The molecule has 3 N–H and O–H groups in total. The lowest BCUT2D eigenvalue weighted by atomic mass is 10.0. The fourth-order valence-electron chi connectivity index (χ4n) is 5.81. The average Bonchev–Trinajstić information content (AvgIpc) is 3.10. The number of ether oxygens (including phenoxy) is 2. The van der Waals surface area contributed by atoms with Crippen molar-refractivity contribution in [3.05, 3.63) is 12.2 Å². The van der Waals surface area contributed by atoms with E-state index in [4.69, 9.17) is 24.3 Å². The standard InChI is InChI=1S/C40H78NO8P/c1-3-5-7-9-11-13-15-17-19-21-22-24-26-28-30-32-39(42)46-36-38(37-48-50(44,45)47-35-34-41)49-40(43)33-31-29-27-25-23-20-18-16-14-12-10-8-6-4-2/h21-22,38H,3-20,23-37,41H2,1-2H3,(H,44,45)/b22-21+/t38-/m1/s1.